The molecule has 2 rings (SSSR count). The molecule has 14 heavy (non-hydrogen) atoms. The summed E-state index contributed by atoms with van der Waals surface area (Å²) in [4.78, 5) is 1.10. The molecule has 72 valence electrons. The van der Waals surface area contributed by atoms with E-state index in [1.54, 1.807) is 18.0 Å². The number of nitrogens with zero attached hydrogens (tertiary/aromatic N) is 2. The largest absolute Gasteiger partial charge is 0.398 e. The molecule has 0 radical (unpaired) electrons. The Morgan fingerprint density at radius 2 is 2.21 bits per heavy atom. The lowest BCUT2D eigenvalue weighted by Gasteiger charge is -2.02. The molecular weight excluding hydrogens is 214 g/mol. The number of nitrogens with two attached hydrogens (primary N) is 1. The number of nitrogen functional groups attached to an aromatic ring is 1. The van der Waals surface area contributed by atoms with Crippen LogP contribution in [0.2, 0.25) is 0 Å². The van der Waals surface area contributed by atoms with Crippen molar-refractivity contribution in [3.05, 3.63) is 36.2 Å². The summed E-state index contributed by atoms with van der Waals surface area (Å²) in [5.41, 5.74) is 7.63. The van der Waals surface area contributed by atoms with Crippen molar-refractivity contribution in [1.29, 1.82) is 0 Å². The minimum Gasteiger partial charge on any atom is -0.398 e. The van der Waals surface area contributed by atoms with E-state index in [1.165, 1.54) is 11.7 Å². The van der Waals surface area contributed by atoms with E-state index >= 15 is 0 Å². The molecule has 0 aliphatic heterocycles. The quantitative estimate of drug-likeness (QED) is 0.641. The number of hydrogen-bond acceptors (Lipinski definition) is 5. The molecule has 0 atom stereocenters. The Balaban J connectivity index is 2.02. The lowest BCUT2D eigenvalue weighted by atomic mass is 10.3. The number of para-hydroxylation sites is 1. The average Bonchev–Trinajstić information content (AvgIpc) is 2.69. The molecule has 3 nitrogen and oxygen atoms in total. The van der Waals surface area contributed by atoms with E-state index in [4.69, 9.17) is 5.73 Å². The minimum absolute atomic E-state index is 0.820. The van der Waals surface area contributed by atoms with Crippen LogP contribution in [0.3, 0.4) is 0 Å². The number of thioether (sulfide) groups is 1. The van der Waals surface area contributed by atoms with Crippen LogP contribution in [-0.2, 0) is 5.75 Å². The van der Waals surface area contributed by atoms with E-state index < -0.39 is 0 Å². The van der Waals surface area contributed by atoms with E-state index in [9.17, 15) is 0 Å². The molecule has 5 heteroatoms. The third-order valence-corrected chi connectivity index (χ3v) is 3.34. The van der Waals surface area contributed by atoms with E-state index in [0.29, 0.717) is 0 Å². The van der Waals surface area contributed by atoms with Crippen molar-refractivity contribution < 1.29 is 0 Å². The highest BCUT2D eigenvalue weighted by atomic mass is 32.2. The highest BCUT2D eigenvalue weighted by Gasteiger charge is 2.01. The highest BCUT2D eigenvalue weighted by molar-refractivity contribution is 7.98. The van der Waals surface area contributed by atoms with E-state index in [-0.39, 0.29) is 0 Å². The zero-order valence-electron chi connectivity index (χ0n) is 7.38. The van der Waals surface area contributed by atoms with Gasteiger partial charge < -0.3 is 5.73 Å². The van der Waals surface area contributed by atoms with Crippen molar-refractivity contribution in [1.82, 2.24) is 8.75 Å². The van der Waals surface area contributed by atoms with Crippen LogP contribution in [0.1, 0.15) is 5.69 Å². The third kappa shape index (κ3) is 2.24. The zero-order chi connectivity index (χ0) is 9.80. The summed E-state index contributed by atoms with van der Waals surface area (Å²) in [7, 11) is 0. The standard InChI is InChI=1S/C9H9N3S2/c10-8-3-1-2-4-9(8)13-6-7-5-11-14-12-7/h1-5H,6,10H2. The Labute approximate surface area is 90.7 Å². The molecule has 0 amide bonds. The number of benzene rings is 1. The molecule has 1 aromatic carbocycles. The Morgan fingerprint density at radius 1 is 1.36 bits per heavy atom. The lowest BCUT2D eigenvalue weighted by Crippen LogP contribution is -1.87. The summed E-state index contributed by atoms with van der Waals surface area (Å²) in [5, 5.41) is 0. The van der Waals surface area contributed by atoms with Crippen LogP contribution in [0.15, 0.2) is 35.4 Å². The second-order valence-electron chi connectivity index (χ2n) is 2.73. The molecule has 1 aromatic heterocycles. The Kier molecular flexibility index (Phi) is 3.00. The Hall–Kier alpha value is -1.07. The molecular formula is C9H9N3S2. The van der Waals surface area contributed by atoms with Crippen molar-refractivity contribution >= 4 is 29.2 Å². The van der Waals surface area contributed by atoms with Gasteiger partial charge in [0, 0.05) is 16.3 Å². The summed E-state index contributed by atoms with van der Waals surface area (Å²) >= 11 is 2.92. The van der Waals surface area contributed by atoms with Gasteiger partial charge in [0.2, 0.25) is 0 Å². The molecule has 0 aliphatic rings. The minimum atomic E-state index is 0.820. The van der Waals surface area contributed by atoms with Gasteiger partial charge in [-0.25, -0.2) is 0 Å². The van der Waals surface area contributed by atoms with Crippen LogP contribution < -0.4 is 5.73 Å². The van der Waals surface area contributed by atoms with Crippen molar-refractivity contribution in [3.8, 4) is 0 Å². The maximum absolute atomic E-state index is 5.81. The Bertz CT molecular complexity index is 400. The SMILES string of the molecule is Nc1ccccc1SCc1cnsn1. The van der Waals surface area contributed by atoms with E-state index in [0.717, 1.165) is 22.0 Å². The number of aromatic nitrogens is 2. The summed E-state index contributed by atoms with van der Waals surface area (Å²) in [6, 6.07) is 7.84. The first-order valence-corrected chi connectivity index (χ1v) is 5.81. The topological polar surface area (TPSA) is 51.8 Å². The van der Waals surface area contributed by atoms with Gasteiger partial charge in [-0.2, -0.15) is 8.75 Å². The highest BCUT2D eigenvalue weighted by Crippen LogP contribution is 2.26. The summed E-state index contributed by atoms with van der Waals surface area (Å²) in [6.45, 7) is 0. The summed E-state index contributed by atoms with van der Waals surface area (Å²) < 4.78 is 8.07. The monoisotopic (exact) mass is 223 g/mol. The molecule has 2 aromatic rings. The van der Waals surface area contributed by atoms with Crippen LogP contribution in [0.4, 0.5) is 5.69 Å². The smallest absolute Gasteiger partial charge is 0.0845 e. The van der Waals surface area contributed by atoms with E-state index in [1.807, 2.05) is 24.3 Å². The van der Waals surface area contributed by atoms with Crippen molar-refractivity contribution in [2.24, 2.45) is 0 Å². The van der Waals surface area contributed by atoms with Gasteiger partial charge in [0.25, 0.3) is 0 Å². The van der Waals surface area contributed by atoms with Crippen LogP contribution in [0, 0.1) is 0 Å². The average molecular weight is 223 g/mol. The fraction of sp³-hybridized carbons (Fsp3) is 0.111. The van der Waals surface area contributed by atoms with Gasteiger partial charge in [0.1, 0.15) is 0 Å². The van der Waals surface area contributed by atoms with Crippen LogP contribution >= 0.6 is 23.5 Å². The van der Waals surface area contributed by atoms with Gasteiger partial charge in [0.05, 0.1) is 23.6 Å². The van der Waals surface area contributed by atoms with Crippen molar-refractivity contribution in [3.63, 3.8) is 0 Å². The number of rotatable bonds is 3. The molecule has 0 aliphatic carbocycles. The summed E-state index contributed by atoms with van der Waals surface area (Å²) in [5.74, 6) is 0.824. The van der Waals surface area contributed by atoms with Gasteiger partial charge in [-0.05, 0) is 12.1 Å². The first-order chi connectivity index (χ1) is 6.86. The molecule has 0 saturated heterocycles. The molecule has 0 spiro atoms. The van der Waals surface area contributed by atoms with Crippen molar-refractivity contribution in [2.75, 3.05) is 5.73 Å². The van der Waals surface area contributed by atoms with Gasteiger partial charge in [-0.1, -0.05) is 12.1 Å². The first-order valence-electron chi connectivity index (χ1n) is 4.10. The Morgan fingerprint density at radius 3 is 2.93 bits per heavy atom. The predicted octanol–water partition coefficient (Wildman–Crippen LogP) is 2.41. The van der Waals surface area contributed by atoms with Crippen LogP contribution in [0.5, 0.6) is 0 Å². The fourth-order valence-corrected chi connectivity index (χ4v) is 2.38. The third-order valence-electron chi connectivity index (χ3n) is 1.70. The number of anilines is 1. The zero-order valence-corrected chi connectivity index (χ0v) is 9.02. The fourth-order valence-electron chi connectivity index (χ4n) is 1.01. The maximum atomic E-state index is 5.81. The van der Waals surface area contributed by atoms with Crippen LogP contribution in [-0.4, -0.2) is 8.75 Å². The molecule has 2 N–H and O–H groups in total. The van der Waals surface area contributed by atoms with Crippen LogP contribution in [0.25, 0.3) is 0 Å². The normalized spacial score (nSPS) is 10.3. The second-order valence-corrected chi connectivity index (χ2v) is 4.30. The molecule has 0 fully saturated rings. The van der Waals surface area contributed by atoms with Gasteiger partial charge in [0.15, 0.2) is 0 Å². The predicted molar refractivity (Wildman–Crippen MR) is 60.3 cm³/mol. The van der Waals surface area contributed by atoms with Gasteiger partial charge >= 0.3 is 0 Å². The van der Waals surface area contributed by atoms with Gasteiger partial charge in [-0.15, -0.1) is 11.8 Å². The first kappa shape index (κ1) is 9.48. The molecule has 0 bridgehead atoms. The van der Waals surface area contributed by atoms with E-state index in [2.05, 4.69) is 8.75 Å². The summed E-state index contributed by atoms with van der Waals surface area (Å²) in [6.07, 6.45) is 1.79. The second kappa shape index (κ2) is 4.43. The molecule has 1 heterocycles. The van der Waals surface area contributed by atoms with Gasteiger partial charge in [-0.3, -0.25) is 0 Å². The number of hydrogen-bond donors (Lipinski definition) is 1. The maximum Gasteiger partial charge on any atom is 0.0845 e. The molecule has 0 saturated carbocycles. The lowest BCUT2D eigenvalue weighted by molar-refractivity contribution is 1.28. The molecule has 0 unspecified atom stereocenters. The van der Waals surface area contributed by atoms with Crippen molar-refractivity contribution in [2.45, 2.75) is 10.6 Å².